The van der Waals surface area contributed by atoms with Gasteiger partial charge in [0.2, 0.25) is 0 Å². The van der Waals surface area contributed by atoms with Gasteiger partial charge in [0.05, 0.1) is 59.3 Å². The Morgan fingerprint density at radius 2 is 1.20 bits per heavy atom. The van der Waals surface area contributed by atoms with Crippen molar-refractivity contribution in [3.8, 4) is 5.75 Å². The van der Waals surface area contributed by atoms with E-state index in [1.54, 1.807) is 0 Å². The highest BCUT2D eigenvalue weighted by Gasteiger charge is 1.97. The second-order valence-electron chi connectivity index (χ2n) is 4.90. The number of ether oxygens (including phenoxy) is 5. The maximum atomic E-state index is 10.2. The van der Waals surface area contributed by atoms with Crippen LogP contribution in [0.4, 0.5) is 0 Å². The summed E-state index contributed by atoms with van der Waals surface area (Å²) in [7, 11) is 0. The molecule has 0 unspecified atom stereocenters. The van der Waals surface area contributed by atoms with E-state index in [1.165, 1.54) is 3.57 Å². The molecule has 142 valence electrons. The summed E-state index contributed by atoms with van der Waals surface area (Å²) in [5.41, 5.74) is 0. The molecule has 0 atom stereocenters. The summed E-state index contributed by atoms with van der Waals surface area (Å²) >= 11 is 2.25. The fourth-order valence-corrected chi connectivity index (χ4v) is 2.03. The summed E-state index contributed by atoms with van der Waals surface area (Å²) in [5.74, 6) is -0.0256. The third-order valence-electron chi connectivity index (χ3n) is 2.89. The fraction of sp³-hybridized carbons (Fsp3) is 0.588. The van der Waals surface area contributed by atoms with Gasteiger partial charge in [-0.15, -0.1) is 0 Å². The van der Waals surface area contributed by atoms with Gasteiger partial charge in [-0.25, -0.2) is 0 Å². The molecular weight excluding hydrogens is 443 g/mol. The number of halogens is 1. The molecule has 0 aromatic heterocycles. The number of hydrogen-bond acceptors (Lipinski definition) is 6. The normalized spacial score (nSPS) is 10.8. The van der Waals surface area contributed by atoms with Crippen molar-refractivity contribution in [2.24, 2.45) is 0 Å². The van der Waals surface area contributed by atoms with Crippen LogP contribution in [-0.4, -0.2) is 70.5 Å². The molecule has 0 aliphatic carbocycles. The molecular formula is C17H25IO7. The van der Waals surface area contributed by atoms with Gasteiger partial charge >= 0.3 is 5.97 Å². The Morgan fingerprint density at radius 1 is 0.760 bits per heavy atom. The van der Waals surface area contributed by atoms with Crippen LogP contribution < -0.4 is 4.74 Å². The lowest BCUT2D eigenvalue weighted by atomic mass is 10.3. The third-order valence-corrected chi connectivity index (χ3v) is 3.61. The van der Waals surface area contributed by atoms with Gasteiger partial charge in [-0.05, 0) is 46.9 Å². The minimum Gasteiger partial charge on any atom is -0.491 e. The number of benzene rings is 1. The smallest absolute Gasteiger partial charge is 0.305 e. The molecule has 0 fully saturated rings. The Kier molecular flexibility index (Phi) is 13.5. The largest absolute Gasteiger partial charge is 0.491 e. The summed E-state index contributed by atoms with van der Waals surface area (Å²) in [6.07, 6.45) is 0.0128. The van der Waals surface area contributed by atoms with Gasteiger partial charge in [0.1, 0.15) is 12.4 Å². The molecule has 0 bridgehead atoms. The van der Waals surface area contributed by atoms with Crippen LogP contribution in [-0.2, 0) is 23.7 Å². The second-order valence-corrected chi connectivity index (χ2v) is 6.14. The molecule has 0 spiro atoms. The SMILES string of the molecule is O=C(O)CCOCCOCCOCCOCCOc1ccc(I)cc1. The Labute approximate surface area is 161 Å². The Morgan fingerprint density at radius 3 is 1.68 bits per heavy atom. The molecule has 0 amide bonds. The molecule has 0 aliphatic rings. The van der Waals surface area contributed by atoms with Gasteiger partial charge < -0.3 is 28.8 Å². The van der Waals surface area contributed by atoms with E-state index in [1.807, 2.05) is 24.3 Å². The van der Waals surface area contributed by atoms with Gasteiger partial charge in [0.15, 0.2) is 0 Å². The lowest BCUT2D eigenvalue weighted by Crippen LogP contribution is -2.14. The first-order valence-electron chi connectivity index (χ1n) is 8.09. The lowest BCUT2D eigenvalue weighted by Gasteiger charge is -2.08. The standard InChI is InChI=1S/C17H25IO7/c18-15-1-3-16(4-2-15)25-14-13-24-12-11-23-10-9-22-8-7-21-6-5-17(19)20/h1-4H,5-14H2,(H,19,20). The third kappa shape index (κ3) is 14.0. The summed E-state index contributed by atoms with van der Waals surface area (Å²) < 4.78 is 27.9. The fourth-order valence-electron chi connectivity index (χ4n) is 1.67. The van der Waals surface area contributed by atoms with Crippen LogP contribution in [0.25, 0.3) is 0 Å². The molecule has 0 radical (unpaired) electrons. The van der Waals surface area contributed by atoms with Crippen LogP contribution >= 0.6 is 22.6 Å². The van der Waals surface area contributed by atoms with E-state index in [9.17, 15) is 4.79 Å². The van der Waals surface area contributed by atoms with Crippen LogP contribution in [0.15, 0.2) is 24.3 Å². The van der Waals surface area contributed by atoms with E-state index in [-0.39, 0.29) is 13.0 Å². The van der Waals surface area contributed by atoms with Gasteiger partial charge in [0, 0.05) is 3.57 Å². The van der Waals surface area contributed by atoms with Crippen LogP contribution in [0.3, 0.4) is 0 Å². The van der Waals surface area contributed by atoms with Crippen molar-refractivity contribution in [3.05, 3.63) is 27.8 Å². The summed E-state index contributed by atoms with van der Waals surface area (Å²) in [4.78, 5) is 10.2. The number of hydrogen-bond donors (Lipinski definition) is 1. The van der Waals surface area contributed by atoms with Gasteiger partial charge in [-0.1, -0.05) is 0 Å². The molecule has 1 aromatic rings. The zero-order chi connectivity index (χ0) is 18.2. The first-order chi connectivity index (χ1) is 12.2. The number of rotatable bonds is 16. The van der Waals surface area contributed by atoms with Gasteiger partial charge in [0.25, 0.3) is 0 Å². The zero-order valence-electron chi connectivity index (χ0n) is 14.2. The maximum absolute atomic E-state index is 10.2. The quantitative estimate of drug-likeness (QED) is 0.294. The molecule has 0 heterocycles. The molecule has 0 saturated carbocycles. The Balaban J connectivity index is 1.76. The zero-order valence-corrected chi connectivity index (χ0v) is 16.3. The summed E-state index contributed by atoms with van der Waals surface area (Å²) in [5, 5.41) is 8.42. The molecule has 0 saturated heterocycles. The van der Waals surface area contributed by atoms with Crippen molar-refractivity contribution < 1.29 is 33.6 Å². The number of aliphatic carboxylic acids is 1. The Bertz CT molecular complexity index is 453. The Hall–Kier alpha value is -0.940. The van der Waals surface area contributed by atoms with Gasteiger partial charge in [-0.2, -0.15) is 0 Å². The van der Waals surface area contributed by atoms with E-state index in [2.05, 4.69) is 22.6 Å². The highest BCUT2D eigenvalue weighted by molar-refractivity contribution is 14.1. The predicted molar refractivity (Wildman–Crippen MR) is 100 cm³/mol. The molecule has 8 heteroatoms. The minimum absolute atomic E-state index is 0.0128. The molecule has 25 heavy (non-hydrogen) atoms. The number of carboxylic acids is 1. The van der Waals surface area contributed by atoms with E-state index in [0.717, 1.165) is 5.75 Å². The van der Waals surface area contributed by atoms with Crippen LogP contribution in [0.1, 0.15) is 6.42 Å². The molecule has 0 aliphatic heterocycles. The molecule has 7 nitrogen and oxygen atoms in total. The summed E-state index contributed by atoms with van der Waals surface area (Å²) in [6.45, 7) is 4.00. The minimum atomic E-state index is -0.863. The molecule has 1 rings (SSSR count). The predicted octanol–water partition coefficient (Wildman–Crippen LogP) is 2.21. The average molecular weight is 468 g/mol. The van der Waals surface area contributed by atoms with Crippen molar-refractivity contribution in [1.29, 1.82) is 0 Å². The molecule has 1 aromatic carbocycles. The van der Waals surface area contributed by atoms with Crippen molar-refractivity contribution >= 4 is 28.6 Å². The lowest BCUT2D eigenvalue weighted by molar-refractivity contribution is -0.138. The van der Waals surface area contributed by atoms with Crippen molar-refractivity contribution in [1.82, 2.24) is 0 Å². The van der Waals surface area contributed by atoms with E-state index >= 15 is 0 Å². The first kappa shape index (κ1) is 22.1. The van der Waals surface area contributed by atoms with Crippen molar-refractivity contribution in [2.75, 3.05) is 59.5 Å². The van der Waals surface area contributed by atoms with E-state index in [4.69, 9.17) is 28.8 Å². The van der Waals surface area contributed by atoms with Crippen LogP contribution in [0.5, 0.6) is 5.75 Å². The first-order valence-corrected chi connectivity index (χ1v) is 9.17. The van der Waals surface area contributed by atoms with E-state index in [0.29, 0.717) is 52.9 Å². The van der Waals surface area contributed by atoms with Crippen LogP contribution in [0.2, 0.25) is 0 Å². The van der Waals surface area contributed by atoms with Crippen molar-refractivity contribution in [2.45, 2.75) is 6.42 Å². The molecule has 1 N–H and O–H groups in total. The monoisotopic (exact) mass is 468 g/mol. The summed E-state index contributed by atoms with van der Waals surface area (Å²) in [6, 6.07) is 7.86. The highest BCUT2D eigenvalue weighted by Crippen LogP contribution is 2.13. The maximum Gasteiger partial charge on any atom is 0.305 e. The second kappa shape index (κ2) is 15.3. The number of carbonyl (C=O) groups is 1. The topological polar surface area (TPSA) is 83.5 Å². The highest BCUT2D eigenvalue weighted by atomic mass is 127. The van der Waals surface area contributed by atoms with Gasteiger partial charge in [-0.3, -0.25) is 4.79 Å². The van der Waals surface area contributed by atoms with Crippen LogP contribution in [0, 0.1) is 3.57 Å². The number of carboxylic acid groups (broad SMARTS) is 1. The van der Waals surface area contributed by atoms with E-state index < -0.39 is 5.97 Å². The van der Waals surface area contributed by atoms with Crippen molar-refractivity contribution in [3.63, 3.8) is 0 Å². The average Bonchev–Trinajstić information content (AvgIpc) is 2.59.